The van der Waals surface area contributed by atoms with Crippen molar-refractivity contribution in [2.75, 3.05) is 32.8 Å². The van der Waals surface area contributed by atoms with Crippen molar-refractivity contribution >= 4 is 11.9 Å². The highest BCUT2D eigenvalue weighted by Gasteiger charge is 2.20. The third-order valence-electron chi connectivity index (χ3n) is 3.53. The first-order chi connectivity index (χ1) is 9.49. The summed E-state index contributed by atoms with van der Waals surface area (Å²) in [6, 6.07) is 0. The van der Waals surface area contributed by atoms with Crippen LogP contribution in [0, 0.1) is 5.92 Å². The summed E-state index contributed by atoms with van der Waals surface area (Å²) in [6.07, 6.45) is 1.90. The number of carboxylic acids is 1. The summed E-state index contributed by atoms with van der Waals surface area (Å²) in [5, 5.41) is 11.7. The van der Waals surface area contributed by atoms with Gasteiger partial charge in [-0.25, -0.2) is 0 Å². The minimum Gasteiger partial charge on any atom is -0.481 e. The summed E-state index contributed by atoms with van der Waals surface area (Å²) in [5.41, 5.74) is 0. The monoisotopic (exact) mass is 286 g/mol. The average molecular weight is 286 g/mol. The Labute approximate surface area is 120 Å². The van der Waals surface area contributed by atoms with Crippen LogP contribution >= 0.6 is 0 Å². The number of carbonyl (C=O) groups is 2. The van der Waals surface area contributed by atoms with Gasteiger partial charge in [-0.1, -0.05) is 6.92 Å². The minimum absolute atomic E-state index is 0.110. The van der Waals surface area contributed by atoms with E-state index < -0.39 is 5.97 Å². The fourth-order valence-electron chi connectivity index (χ4n) is 2.21. The van der Waals surface area contributed by atoms with Crippen LogP contribution < -0.4 is 5.32 Å². The van der Waals surface area contributed by atoms with Gasteiger partial charge in [-0.3, -0.25) is 9.59 Å². The van der Waals surface area contributed by atoms with Crippen LogP contribution in [0.15, 0.2) is 0 Å². The van der Waals surface area contributed by atoms with Crippen molar-refractivity contribution in [1.82, 2.24) is 10.2 Å². The molecule has 0 radical (unpaired) electrons. The molecule has 0 aromatic rings. The van der Waals surface area contributed by atoms with Gasteiger partial charge in [0, 0.05) is 19.5 Å². The van der Waals surface area contributed by atoms with E-state index in [2.05, 4.69) is 5.32 Å². The highest BCUT2D eigenvalue weighted by atomic mass is 16.5. The van der Waals surface area contributed by atoms with Crippen molar-refractivity contribution < 1.29 is 19.4 Å². The second-order valence-corrected chi connectivity index (χ2v) is 5.52. The van der Waals surface area contributed by atoms with E-state index in [1.54, 1.807) is 0 Å². The molecule has 6 heteroatoms. The number of aliphatic carboxylic acids is 1. The Hall–Kier alpha value is -1.14. The predicted octanol–water partition coefficient (Wildman–Crippen LogP) is 0.714. The first-order valence-corrected chi connectivity index (χ1v) is 7.31. The summed E-state index contributed by atoms with van der Waals surface area (Å²) < 4.78 is 5.40. The number of nitrogens with zero attached hydrogens (tertiary/aromatic N) is 1. The molecule has 0 bridgehead atoms. The number of nitrogens with one attached hydrogen (secondary N) is 1. The lowest BCUT2D eigenvalue weighted by Gasteiger charge is -2.31. The van der Waals surface area contributed by atoms with Crippen molar-refractivity contribution in [2.24, 2.45) is 5.92 Å². The molecule has 0 saturated carbocycles. The zero-order chi connectivity index (χ0) is 15.0. The first-order valence-electron chi connectivity index (χ1n) is 7.31. The van der Waals surface area contributed by atoms with Crippen molar-refractivity contribution in [2.45, 2.75) is 39.2 Å². The number of carbonyl (C=O) groups excluding carboxylic acids is 1. The van der Waals surface area contributed by atoms with Crippen LogP contribution in [0.2, 0.25) is 0 Å². The number of carboxylic acid groups (broad SMARTS) is 1. The lowest BCUT2D eigenvalue weighted by atomic mass is 10.0. The third-order valence-corrected chi connectivity index (χ3v) is 3.53. The molecule has 20 heavy (non-hydrogen) atoms. The Morgan fingerprint density at radius 3 is 2.85 bits per heavy atom. The molecule has 1 aliphatic rings. The van der Waals surface area contributed by atoms with Crippen LogP contribution in [-0.4, -0.2) is 60.8 Å². The van der Waals surface area contributed by atoms with Crippen molar-refractivity contribution in [1.29, 1.82) is 0 Å². The molecule has 0 aliphatic carbocycles. The SMILES string of the molecule is CC(CCNCC(=O)N1CCOC(C)C1)CCC(=O)O. The normalized spacial score (nSPS) is 20.7. The summed E-state index contributed by atoms with van der Waals surface area (Å²) in [4.78, 5) is 24.2. The van der Waals surface area contributed by atoms with Crippen LogP contribution in [0.25, 0.3) is 0 Å². The molecule has 1 aliphatic heterocycles. The molecule has 2 unspecified atom stereocenters. The van der Waals surface area contributed by atoms with E-state index >= 15 is 0 Å². The zero-order valence-corrected chi connectivity index (χ0v) is 12.4. The largest absolute Gasteiger partial charge is 0.481 e. The number of rotatable bonds is 8. The molecule has 1 heterocycles. The summed E-state index contributed by atoms with van der Waals surface area (Å²) in [7, 11) is 0. The Bertz CT molecular complexity index is 322. The van der Waals surface area contributed by atoms with Gasteiger partial charge in [-0.05, 0) is 32.2 Å². The number of amides is 1. The molecule has 2 atom stereocenters. The van der Waals surface area contributed by atoms with E-state index in [0.29, 0.717) is 38.6 Å². The number of hydrogen-bond acceptors (Lipinski definition) is 4. The molecule has 2 N–H and O–H groups in total. The van der Waals surface area contributed by atoms with Gasteiger partial charge < -0.3 is 20.1 Å². The molecule has 1 rings (SSSR count). The Morgan fingerprint density at radius 2 is 2.20 bits per heavy atom. The minimum atomic E-state index is -0.749. The Morgan fingerprint density at radius 1 is 1.45 bits per heavy atom. The lowest BCUT2D eigenvalue weighted by molar-refractivity contribution is -0.137. The van der Waals surface area contributed by atoms with Crippen LogP contribution in [-0.2, 0) is 14.3 Å². The fraction of sp³-hybridized carbons (Fsp3) is 0.857. The lowest BCUT2D eigenvalue weighted by Crippen LogP contribution is -2.47. The molecular weight excluding hydrogens is 260 g/mol. The highest BCUT2D eigenvalue weighted by Crippen LogP contribution is 2.09. The molecule has 1 amide bonds. The zero-order valence-electron chi connectivity index (χ0n) is 12.4. The molecule has 0 spiro atoms. The standard InChI is InChI=1S/C14H26N2O4/c1-11(3-4-14(18)19)5-6-15-9-13(17)16-7-8-20-12(2)10-16/h11-12,15H,3-10H2,1-2H3,(H,18,19). The molecule has 116 valence electrons. The maximum Gasteiger partial charge on any atom is 0.303 e. The maximum absolute atomic E-state index is 11.9. The first kappa shape index (κ1) is 16.9. The van der Waals surface area contributed by atoms with Crippen molar-refractivity contribution in [3.63, 3.8) is 0 Å². The highest BCUT2D eigenvalue weighted by molar-refractivity contribution is 5.78. The van der Waals surface area contributed by atoms with Gasteiger partial charge in [0.25, 0.3) is 0 Å². The quantitative estimate of drug-likeness (QED) is 0.643. The van der Waals surface area contributed by atoms with E-state index in [1.807, 2.05) is 18.7 Å². The maximum atomic E-state index is 11.9. The van der Waals surface area contributed by atoms with Crippen molar-refractivity contribution in [3.05, 3.63) is 0 Å². The Kier molecular flexibility index (Phi) is 7.54. The summed E-state index contributed by atoms with van der Waals surface area (Å²) in [5.74, 6) is -0.281. The van der Waals surface area contributed by atoms with Gasteiger partial charge in [-0.15, -0.1) is 0 Å². The van der Waals surface area contributed by atoms with E-state index in [0.717, 1.165) is 13.0 Å². The number of morpholine rings is 1. The van der Waals surface area contributed by atoms with Gasteiger partial charge in [0.05, 0.1) is 19.3 Å². The third kappa shape index (κ3) is 6.86. The van der Waals surface area contributed by atoms with Gasteiger partial charge in [0.1, 0.15) is 0 Å². The molecule has 1 saturated heterocycles. The fourth-order valence-corrected chi connectivity index (χ4v) is 2.21. The molecule has 6 nitrogen and oxygen atoms in total. The van der Waals surface area contributed by atoms with Crippen molar-refractivity contribution in [3.8, 4) is 0 Å². The van der Waals surface area contributed by atoms with Gasteiger partial charge >= 0.3 is 5.97 Å². The molecule has 0 aromatic carbocycles. The van der Waals surface area contributed by atoms with Gasteiger partial charge in [0.15, 0.2) is 0 Å². The van der Waals surface area contributed by atoms with E-state index in [4.69, 9.17) is 9.84 Å². The summed E-state index contributed by atoms with van der Waals surface area (Å²) in [6.45, 7) is 7.03. The number of ether oxygens (including phenoxy) is 1. The van der Waals surface area contributed by atoms with Gasteiger partial charge in [-0.2, -0.15) is 0 Å². The van der Waals surface area contributed by atoms with E-state index in [1.165, 1.54) is 0 Å². The van der Waals surface area contributed by atoms with Gasteiger partial charge in [0.2, 0.25) is 5.91 Å². The molecule has 1 fully saturated rings. The number of hydrogen-bond donors (Lipinski definition) is 2. The smallest absolute Gasteiger partial charge is 0.303 e. The van der Waals surface area contributed by atoms with E-state index in [9.17, 15) is 9.59 Å². The Balaban J connectivity index is 2.08. The molecule has 0 aromatic heterocycles. The van der Waals surface area contributed by atoms with Crippen LogP contribution in [0.5, 0.6) is 0 Å². The summed E-state index contributed by atoms with van der Waals surface area (Å²) >= 11 is 0. The van der Waals surface area contributed by atoms with E-state index in [-0.39, 0.29) is 18.4 Å². The second kappa shape index (κ2) is 8.92. The van der Waals surface area contributed by atoms with Crippen LogP contribution in [0.1, 0.15) is 33.1 Å². The molecular formula is C14H26N2O4. The topological polar surface area (TPSA) is 78.9 Å². The van der Waals surface area contributed by atoms with Crippen LogP contribution in [0.3, 0.4) is 0 Å². The average Bonchev–Trinajstić information content (AvgIpc) is 2.41. The predicted molar refractivity (Wildman–Crippen MR) is 75.5 cm³/mol. The van der Waals surface area contributed by atoms with Crippen LogP contribution in [0.4, 0.5) is 0 Å². The second-order valence-electron chi connectivity index (χ2n) is 5.52.